The number of benzene rings is 1. The maximum absolute atomic E-state index is 11.6. The van der Waals surface area contributed by atoms with Gasteiger partial charge in [0.25, 0.3) is 0 Å². The van der Waals surface area contributed by atoms with Crippen molar-refractivity contribution in [3.05, 3.63) is 46.3 Å². The zero-order valence-electron chi connectivity index (χ0n) is 9.54. The molecule has 0 atom stereocenters. The lowest BCUT2D eigenvalue weighted by molar-refractivity contribution is -0.131. The molecule has 0 spiro atoms. The zero-order chi connectivity index (χ0) is 13.1. The number of rotatable bonds is 3. The molecule has 0 unspecified atom stereocenters. The van der Waals surface area contributed by atoms with Gasteiger partial charge in [-0.15, -0.1) is 0 Å². The quantitative estimate of drug-likeness (QED) is 0.661. The Hall–Kier alpha value is -2.56. The average molecular weight is 246 g/mol. The minimum Gasteiger partial charge on any atom is -0.497 e. The molecule has 5 heteroatoms. The Balaban J connectivity index is 2.58. The number of hydrogen-bond donors (Lipinski definition) is 1. The number of hydrogen-bond acceptors (Lipinski definition) is 4. The fourth-order valence-electron chi connectivity index (χ4n) is 1.52. The summed E-state index contributed by atoms with van der Waals surface area (Å²) in [6, 6.07) is 6.57. The number of carbonyl (C=O) groups is 1. The molecule has 0 saturated heterocycles. The summed E-state index contributed by atoms with van der Waals surface area (Å²) < 4.78 is 10.1. The van der Waals surface area contributed by atoms with Crippen LogP contribution in [0.15, 0.2) is 39.6 Å². The summed E-state index contributed by atoms with van der Waals surface area (Å²) in [7, 11) is 1.53. The number of ether oxygens (including phenoxy) is 1. The second kappa shape index (κ2) is 4.75. The maximum atomic E-state index is 11.6. The van der Waals surface area contributed by atoms with Crippen LogP contribution in [-0.4, -0.2) is 18.2 Å². The molecule has 1 heterocycles. The fourth-order valence-corrected chi connectivity index (χ4v) is 1.52. The first-order valence-corrected chi connectivity index (χ1v) is 5.13. The number of carboxylic acid groups (broad SMARTS) is 1. The largest absolute Gasteiger partial charge is 0.497 e. The van der Waals surface area contributed by atoms with Crippen molar-refractivity contribution < 1.29 is 19.1 Å². The lowest BCUT2D eigenvalue weighted by Gasteiger charge is -2.02. The predicted octanol–water partition coefficient (Wildman–Crippen LogP) is 1.90. The Bertz CT molecular complexity index is 681. The van der Waals surface area contributed by atoms with Gasteiger partial charge in [0.2, 0.25) is 0 Å². The molecular weight excluding hydrogens is 236 g/mol. The van der Waals surface area contributed by atoms with E-state index in [0.717, 1.165) is 6.08 Å². The number of methoxy groups -OCH3 is 1. The Morgan fingerprint density at radius 1 is 1.39 bits per heavy atom. The van der Waals surface area contributed by atoms with Gasteiger partial charge in [-0.3, -0.25) is 0 Å². The van der Waals surface area contributed by atoms with E-state index in [1.54, 1.807) is 24.3 Å². The molecule has 0 bridgehead atoms. The topological polar surface area (TPSA) is 76.7 Å². The first kappa shape index (κ1) is 11.9. The molecule has 2 rings (SSSR count). The van der Waals surface area contributed by atoms with Crippen LogP contribution in [0.4, 0.5) is 0 Å². The smallest absolute Gasteiger partial charge is 0.343 e. The molecule has 2 aromatic rings. The van der Waals surface area contributed by atoms with E-state index in [2.05, 4.69) is 0 Å². The third-order valence-electron chi connectivity index (χ3n) is 2.37. The molecule has 1 N–H and O–H groups in total. The number of fused-ring (bicyclic) bond motifs is 1. The van der Waals surface area contributed by atoms with Crippen molar-refractivity contribution >= 4 is 23.0 Å². The van der Waals surface area contributed by atoms with E-state index in [1.807, 2.05) is 0 Å². The van der Waals surface area contributed by atoms with Crippen LogP contribution in [0.2, 0.25) is 0 Å². The van der Waals surface area contributed by atoms with Crippen molar-refractivity contribution in [2.75, 3.05) is 7.11 Å². The van der Waals surface area contributed by atoms with E-state index in [0.29, 0.717) is 16.7 Å². The first-order valence-electron chi connectivity index (χ1n) is 5.13. The molecule has 0 aliphatic carbocycles. The summed E-state index contributed by atoms with van der Waals surface area (Å²) in [5.41, 5.74) is 0.0246. The monoisotopic (exact) mass is 246 g/mol. The second-order valence-corrected chi connectivity index (χ2v) is 3.56. The van der Waals surface area contributed by atoms with Crippen molar-refractivity contribution in [1.82, 2.24) is 0 Å². The van der Waals surface area contributed by atoms with Crippen molar-refractivity contribution in [1.29, 1.82) is 0 Å². The molecule has 92 valence electrons. The van der Waals surface area contributed by atoms with E-state index in [9.17, 15) is 9.59 Å². The standard InChI is InChI=1S/C13H10O5/c1-17-10-3-4-11-9(7-10)6-8(13(16)18-11)2-5-12(14)15/h2-7H,1H3,(H,14,15)/b5-2+. The zero-order valence-corrected chi connectivity index (χ0v) is 9.54. The molecule has 0 aliphatic heterocycles. The molecule has 5 nitrogen and oxygen atoms in total. The predicted molar refractivity (Wildman–Crippen MR) is 65.7 cm³/mol. The summed E-state index contributed by atoms with van der Waals surface area (Å²) in [5.74, 6) is -0.496. The molecule has 18 heavy (non-hydrogen) atoms. The number of aliphatic carboxylic acids is 1. The van der Waals surface area contributed by atoms with Crippen molar-refractivity contribution in [3.63, 3.8) is 0 Å². The Kier molecular flexibility index (Phi) is 3.14. The van der Waals surface area contributed by atoms with E-state index >= 15 is 0 Å². The van der Waals surface area contributed by atoms with Gasteiger partial charge in [-0.05, 0) is 30.3 Å². The lowest BCUT2D eigenvalue weighted by atomic mass is 10.1. The van der Waals surface area contributed by atoms with Gasteiger partial charge in [-0.1, -0.05) is 0 Å². The first-order chi connectivity index (χ1) is 8.60. The SMILES string of the molecule is COc1ccc2oc(=O)c(/C=C/C(=O)O)cc2c1. The van der Waals surface area contributed by atoms with Gasteiger partial charge < -0.3 is 14.3 Å². The van der Waals surface area contributed by atoms with Gasteiger partial charge in [0.15, 0.2) is 0 Å². The van der Waals surface area contributed by atoms with Crippen LogP contribution in [0.1, 0.15) is 5.56 Å². The molecule has 0 amide bonds. The molecular formula is C13H10O5. The van der Waals surface area contributed by atoms with Crippen LogP contribution in [-0.2, 0) is 4.79 Å². The van der Waals surface area contributed by atoms with Gasteiger partial charge in [0.1, 0.15) is 11.3 Å². The highest BCUT2D eigenvalue weighted by Crippen LogP contribution is 2.20. The summed E-state index contributed by atoms with van der Waals surface area (Å²) >= 11 is 0. The van der Waals surface area contributed by atoms with E-state index in [1.165, 1.54) is 13.2 Å². The van der Waals surface area contributed by atoms with Gasteiger partial charge in [0.05, 0.1) is 12.7 Å². The van der Waals surface area contributed by atoms with Gasteiger partial charge >= 0.3 is 11.6 Å². The Morgan fingerprint density at radius 3 is 2.83 bits per heavy atom. The van der Waals surface area contributed by atoms with Crippen LogP contribution < -0.4 is 10.4 Å². The Morgan fingerprint density at radius 2 is 2.17 bits per heavy atom. The highest BCUT2D eigenvalue weighted by atomic mass is 16.5. The lowest BCUT2D eigenvalue weighted by Crippen LogP contribution is -2.03. The molecule has 0 saturated carbocycles. The second-order valence-electron chi connectivity index (χ2n) is 3.56. The van der Waals surface area contributed by atoms with Crippen LogP contribution in [0.5, 0.6) is 5.75 Å². The van der Waals surface area contributed by atoms with E-state index in [-0.39, 0.29) is 5.56 Å². The minimum atomic E-state index is -1.12. The van der Waals surface area contributed by atoms with Crippen molar-refractivity contribution in [2.24, 2.45) is 0 Å². The van der Waals surface area contributed by atoms with Crippen LogP contribution in [0, 0.1) is 0 Å². The van der Waals surface area contributed by atoms with Gasteiger partial charge in [-0.2, -0.15) is 0 Å². The van der Waals surface area contributed by atoms with Crippen molar-refractivity contribution in [2.45, 2.75) is 0 Å². The minimum absolute atomic E-state index is 0.179. The van der Waals surface area contributed by atoms with Crippen LogP contribution in [0.3, 0.4) is 0 Å². The molecule has 1 aromatic carbocycles. The summed E-state index contributed by atoms with van der Waals surface area (Å²) in [4.78, 5) is 22.0. The molecule has 0 aliphatic rings. The normalized spacial score (nSPS) is 10.9. The van der Waals surface area contributed by atoms with Crippen LogP contribution in [0.25, 0.3) is 17.0 Å². The third kappa shape index (κ3) is 2.40. The number of carboxylic acids is 1. The highest BCUT2D eigenvalue weighted by molar-refractivity contribution is 5.86. The summed E-state index contributed by atoms with van der Waals surface area (Å²) in [6.07, 6.45) is 2.09. The molecule has 0 radical (unpaired) electrons. The van der Waals surface area contributed by atoms with Crippen LogP contribution >= 0.6 is 0 Å². The van der Waals surface area contributed by atoms with Gasteiger partial charge in [-0.25, -0.2) is 9.59 Å². The van der Waals surface area contributed by atoms with Gasteiger partial charge in [0, 0.05) is 11.5 Å². The third-order valence-corrected chi connectivity index (χ3v) is 2.37. The fraction of sp³-hybridized carbons (Fsp3) is 0.0769. The average Bonchev–Trinajstić information content (AvgIpc) is 2.35. The highest BCUT2D eigenvalue weighted by Gasteiger charge is 2.04. The Labute approximate surface area is 102 Å². The summed E-state index contributed by atoms with van der Waals surface area (Å²) in [5, 5.41) is 9.19. The molecule has 1 aromatic heterocycles. The molecule has 0 fully saturated rings. The van der Waals surface area contributed by atoms with E-state index < -0.39 is 11.6 Å². The van der Waals surface area contributed by atoms with E-state index in [4.69, 9.17) is 14.3 Å². The summed E-state index contributed by atoms with van der Waals surface area (Å²) in [6.45, 7) is 0. The van der Waals surface area contributed by atoms with Crippen molar-refractivity contribution in [3.8, 4) is 5.75 Å². The maximum Gasteiger partial charge on any atom is 0.343 e.